The number of nitrogens with two attached hydrogens (primary N) is 1. The molecule has 20 heavy (non-hydrogen) atoms. The van der Waals surface area contributed by atoms with E-state index in [2.05, 4.69) is 18.2 Å². The number of aromatic nitrogens is 2. The lowest BCUT2D eigenvalue weighted by atomic mass is 10.3. The largest absolute Gasteiger partial charge is 0.369 e. The van der Waals surface area contributed by atoms with E-state index < -0.39 is 9.84 Å². The standard InChI is InChI=1S/C13H19N3O2S2/c1-9(19-2)7-8-16-10-5-4-6-11(20(3,17)18)12(10)15-13(16)14/h4-6,9H,7-8H2,1-3H3,(H2,14,15). The molecule has 2 N–H and O–H groups in total. The summed E-state index contributed by atoms with van der Waals surface area (Å²) in [6.45, 7) is 2.89. The smallest absolute Gasteiger partial charge is 0.201 e. The van der Waals surface area contributed by atoms with E-state index in [1.165, 1.54) is 6.26 Å². The van der Waals surface area contributed by atoms with Crippen molar-refractivity contribution in [1.29, 1.82) is 0 Å². The van der Waals surface area contributed by atoms with Gasteiger partial charge in [-0.25, -0.2) is 13.4 Å². The van der Waals surface area contributed by atoms with Crippen LogP contribution in [0.3, 0.4) is 0 Å². The molecule has 0 saturated heterocycles. The highest BCUT2D eigenvalue weighted by Crippen LogP contribution is 2.25. The van der Waals surface area contributed by atoms with E-state index in [4.69, 9.17) is 5.73 Å². The van der Waals surface area contributed by atoms with Crippen LogP contribution in [0, 0.1) is 0 Å². The number of imidazole rings is 1. The molecule has 0 bridgehead atoms. The molecular weight excluding hydrogens is 294 g/mol. The second-order valence-corrected chi connectivity index (χ2v) is 8.11. The van der Waals surface area contributed by atoms with Gasteiger partial charge in [0.1, 0.15) is 5.52 Å². The van der Waals surface area contributed by atoms with E-state index in [1.807, 2.05) is 10.6 Å². The van der Waals surface area contributed by atoms with E-state index in [-0.39, 0.29) is 4.90 Å². The lowest BCUT2D eigenvalue weighted by Gasteiger charge is -2.10. The Balaban J connectivity index is 2.50. The lowest BCUT2D eigenvalue weighted by Crippen LogP contribution is -2.07. The first-order valence-corrected chi connectivity index (χ1v) is 9.50. The molecule has 110 valence electrons. The second kappa shape index (κ2) is 5.65. The number of para-hydroxylation sites is 1. The average Bonchev–Trinajstić information content (AvgIpc) is 2.70. The van der Waals surface area contributed by atoms with Gasteiger partial charge in [0.25, 0.3) is 0 Å². The fourth-order valence-corrected chi connectivity index (χ4v) is 3.27. The number of rotatable bonds is 5. The summed E-state index contributed by atoms with van der Waals surface area (Å²) in [5.41, 5.74) is 7.18. The second-order valence-electron chi connectivity index (χ2n) is 4.85. The van der Waals surface area contributed by atoms with Gasteiger partial charge in [-0.05, 0) is 24.8 Å². The number of nitrogens with zero attached hydrogens (tertiary/aromatic N) is 2. The maximum atomic E-state index is 11.8. The third kappa shape index (κ3) is 2.93. The Morgan fingerprint density at radius 2 is 2.15 bits per heavy atom. The molecule has 0 spiro atoms. The molecule has 2 rings (SSSR count). The number of hydrogen-bond acceptors (Lipinski definition) is 5. The van der Waals surface area contributed by atoms with Crippen molar-refractivity contribution in [2.24, 2.45) is 0 Å². The van der Waals surface area contributed by atoms with Crippen molar-refractivity contribution in [1.82, 2.24) is 9.55 Å². The predicted octanol–water partition coefficient (Wildman–Crippen LogP) is 2.16. The zero-order valence-corrected chi connectivity index (χ0v) is 13.5. The van der Waals surface area contributed by atoms with Crippen LogP contribution < -0.4 is 5.73 Å². The summed E-state index contributed by atoms with van der Waals surface area (Å²) < 4.78 is 25.5. The Morgan fingerprint density at radius 1 is 1.45 bits per heavy atom. The van der Waals surface area contributed by atoms with Crippen LogP contribution in [0.15, 0.2) is 23.1 Å². The summed E-state index contributed by atoms with van der Waals surface area (Å²) in [5.74, 6) is 0.365. The SMILES string of the molecule is CSC(C)CCn1c(N)nc2c(S(C)(=O)=O)cccc21. The molecule has 7 heteroatoms. The number of hydrogen-bond donors (Lipinski definition) is 1. The molecular formula is C13H19N3O2S2. The van der Waals surface area contributed by atoms with Gasteiger partial charge >= 0.3 is 0 Å². The maximum Gasteiger partial charge on any atom is 0.201 e. The molecule has 0 amide bonds. The molecule has 5 nitrogen and oxygen atoms in total. The van der Waals surface area contributed by atoms with E-state index in [0.29, 0.717) is 16.7 Å². The van der Waals surface area contributed by atoms with Gasteiger partial charge in [-0.15, -0.1) is 0 Å². The molecule has 1 aromatic heterocycles. The molecule has 0 aliphatic rings. The van der Waals surface area contributed by atoms with Crippen molar-refractivity contribution in [2.45, 2.75) is 30.0 Å². The van der Waals surface area contributed by atoms with E-state index in [9.17, 15) is 8.42 Å². The molecule has 1 atom stereocenters. The summed E-state index contributed by atoms with van der Waals surface area (Å²) in [6, 6.07) is 5.16. The molecule has 1 heterocycles. The summed E-state index contributed by atoms with van der Waals surface area (Å²) in [6.07, 6.45) is 4.22. The first-order chi connectivity index (χ1) is 9.34. The normalized spacial score (nSPS) is 13.8. The van der Waals surface area contributed by atoms with E-state index in [1.54, 1.807) is 23.9 Å². The number of fused-ring (bicyclic) bond motifs is 1. The van der Waals surface area contributed by atoms with E-state index >= 15 is 0 Å². The zero-order chi connectivity index (χ0) is 14.9. The Labute approximate surface area is 123 Å². The number of thioether (sulfide) groups is 1. The maximum absolute atomic E-state index is 11.8. The van der Waals surface area contributed by atoms with Crippen LogP contribution in [0.2, 0.25) is 0 Å². The van der Waals surface area contributed by atoms with Crippen LogP contribution in [0.1, 0.15) is 13.3 Å². The Hall–Kier alpha value is -1.21. The van der Waals surface area contributed by atoms with Crippen molar-refractivity contribution in [2.75, 3.05) is 18.2 Å². The monoisotopic (exact) mass is 313 g/mol. The van der Waals surface area contributed by atoms with Gasteiger partial charge in [-0.3, -0.25) is 0 Å². The number of aryl methyl sites for hydroxylation is 1. The summed E-state index contributed by atoms with van der Waals surface area (Å²) in [4.78, 5) is 4.47. The van der Waals surface area contributed by atoms with Crippen molar-refractivity contribution < 1.29 is 8.42 Å². The van der Waals surface area contributed by atoms with Crippen molar-refractivity contribution >= 4 is 38.6 Å². The van der Waals surface area contributed by atoms with E-state index in [0.717, 1.165) is 18.5 Å². The first-order valence-electron chi connectivity index (χ1n) is 6.32. The predicted molar refractivity (Wildman–Crippen MR) is 84.8 cm³/mol. The molecule has 1 unspecified atom stereocenters. The van der Waals surface area contributed by atoms with Gasteiger partial charge in [0.2, 0.25) is 5.95 Å². The number of nitrogen functional groups attached to an aromatic ring is 1. The summed E-state index contributed by atoms with van der Waals surface area (Å²) in [5, 5.41) is 0.518. The van der Waals surface area contributed by atoms with Gasteiger partial charge in [0, 0.05) is 18.1 Å². The quantitative estimate of drug-likeness (QED) is 0.915. The molecule has 1 aromatic carbocycles. The van der Waals surface area contributed by atoms with Crippen LogP contribution in [0.4, 0.5) is 5.95 Å². The van der Waals surface area contributed by atoms with Gasteiger partial charge in [0.05, 0.1) is 10.4 Å². The molecule has 0 aliphatic heterocycles. The van der Waals surface area contributed by atoms with Gasteiger partial charge in [-0.2, -0.15) is 11.8 Å². The van der Waals surface area contributed by atoms with Crippen molar-refractivity contribution in [3.63, 3.8) is 0 Å². The molecule has 0 aliphatic carbocycles. The molecule has 2 aromatic rings. The minimum Gasteiger partial charge on any atom is -0.369 e. The van der Waals surface area contributed by atoms with Crippen LogP contribution in [-0.4, -0.2) is 35.7 Å². The topological polar surface area (TPSA) is 78.0 Å². The minimum absolute atomic E-state index is 0.235. The minimum atomic E-state index is -3.30. The average molecular weight is 313 g/mol. The van der Waals surface area contributed by atoms with Gasteiger partial charge < -0.3 is 10.3 Å². The Morgan fingerprint density at radius 3 is 2.75 bits per heavy atom. The van der Waals surface area contributed by atoms with Crippen molar-refractivity contribution in [3.05, 3.63) is 18.2 Å². The number of benzene rings is 1. The van der Waals surface area contributed by atoms with Crippen LogP contribution >= 0.6 is 11.8 Å². The molecule has 0 radical (unpaired) electrons. The highest BCUT2D eigenvalue weighted by atomic mass is 32.2. The third-order valence-corrected chi connectivity index (χ3v) is 5.50. The fourth-order valence-electron chi connectivity index (χ4n) is 2.10. The van der Waals surface area contributed by atoms with Gasteiger partial charge in [0.15, 0.2) is 9.84 Å². The van der Waals surface area contributed by atoms with Crippen LogP contribution in [0.25, 0.3) is 11.0 Å². The molecule has 0 fully saturated rings. The van der Waals surface area contributed by atoms with Crippen molar-refractivity contribution in [3.8, 4) is 0 Å². The Bertz CT molecular complexity index is 723. The fraction of sp³-hybridized carbons (Fsp3) is 0.462. The highest BCUT2D eigenvalue weighted by Gasteiger charge is 2.17. The van der Waals surface area contributed by atoms with Gasteiger partial charge in [-0.1, -0.05) is 13.0 Å². The summed E-state index contributed by atoms with van der Waals surface area (Å²) >= 11 is 1.79. The third-order valence-electron chi connectivity index (χ3n) is 3.33. The Kier molecular flexibility index (Phi) is 4.29. The molecule has 0 saturated carbocycles. The number of anilines is 1. The van der Waals surface area contributed by atoms with Crippen LogP contribution in [-0.2, 0) is 16.4 Å². The zero-order valence-electron chi connectivity index (χ0n) is 11.8. The first kappa shape index (κ1) is 15.2. The summed E-state index contributed by atoms with van der Waals surface area (Å²) in [7, 11) is -3.30. The number of sulfone groups is 1. The lowest BCUT2D eigenvalue weighted by molar-refractivity contribution is 0.602. The highest BCUT2D eigenvalue weighted by molar-refractivity contribution is 7.99. The van der Waals surface area contributed by atoms with Crippen LogP contribution in [0.5, 0.6) is 0 Å².